The Morgan fingerprint density at radius 1 is 1.21 bits per heavy atom. The van der Waals surface area contributed by atoms with Gasteiger partial charge in [-0.3, -0.25) is 0 Å². The van der Waals surface area contributed by atoms with Gasteiger partial charge in [0.25, 0.3) is 0 Å². The molecule has 0 aliphatic heterocycles. The second kappa shape index (κ2) is 7.78. The Balaban J connectivity index is 1.94. The van der Waals surface area contributed by atoms with Gasteiger partial charge < -0.3 is 0 Å². The fraction of sp³-hybridized carbons (Fsp3) is 0.368. The van der Waals surface area contributed by atoms with Crippen molar-refractivity contribution in [2.45, 2.75) is 49.8 Å². The Morgan fingerprint density at radius 2 is 1.96 bits per heavy atom. The Labute approximate surface area is 157 Å². The van der Waals surface area contributed by atoms with E-state index in [1.807, 2.05) is 12.1 Å². The van der Waals surface area contributed by atoms with Crippen LogP contribution < -0.4 is 0 Å². The highest BCUT2D eigenvalue weighted by Gasteiger charge is 2.21. The van der Waals surface area contributed by atoms with E-state index in [1.165, 1.54) is 17.5 Å². The van der Waals surface area contributed by atoms with Gasteiger partial charge in [-0.1, -0.05) is 36.2 Å². The number of pyridine rings is 1. The van der Waals surface area contributed by atoms with Gasteiger partial charge in [0, 0.05) is 21.5 Å². The number of hydrogen-bond donors (Lipinski definition) is 0. The van der Waals surface area contributed by atoms with Crippen LogP contribution in [0.4, 0.5) is 0 Å². The molecular formula is C19H18Cl2N2S. The first-order chi connectivity index (χ1) is 11.6. The third-order valence-corrected chi connectivity index (χ3v) is 6.01. The van der Waals surface area contributed by atoms with E-state index in [2.05, 4.69) is 13.0 Å². The molecule has 1 aliphatic rings. The van der Waals surface area contributed by atoms with Crippen molar-refractivity contribution in [1.82, 2.24) is 4.98 Å². The molecule has 1 heterocycles. The minimum Gasteiger partial charge on any atom is -0.245 e. The second-order valence-electron chi connectivity index (χ2n) is 5.89. The number of hydrogen-bond acceptors (Lipinski definition) is 3. The van der Waals surface area contributed by atoms with E-state index in [0.29, 0.717) is 15.8 Å². The number of halogens is 2. The molecule has 24 heavy (non-hydrogen) atoms. The van der Waals surface area contributed by atoms with Gasteiger partial charge in [0.1, 0.15) is 11.1 Å². The predicted octanol–water partition coefficient (Wildman–Crippen LogP) is 5.99. The first-order valence-electron chi connectivity index (χ1n) is 8.15. The molecule has 0 saturated carbocycles. The van der Waals surface area contributed by atoms with Crippen LogP contribution in [0.5, 0.6) is 0 Å². The highest BCUT2D eigenvalue weighted by molar-refractivity contribution is 7.98. The van der Waals surface area contributed by atoms with E-state index in [-0.39, 0.29) is 0 Å². The summed E-state index contributed by atoms with van der Waals surface area (Å²) in [7, 11) is 0. The average molecular weight is 377 g/mol. The van der Waals surface area contributed by atoms with Crippen molar-refractivity contribution in [3.63, 3.8) is 0 Å². The molecule has 1 aliphatic carbocycles. The largest absolute Gasteiger partial charge is 0.245 e. The first-order valence-corrected chi connectivity index (χ1v) is 9.89. The molecule has 1 aromatic carbocycles. The van der Waals surface area contributed by atoms with Crippen LogP contribution >= 0.6 is 35.0 Å². The van der Waals surface area contributed by atoms with Crippen LogP contribution in [0.15, 0.2) is 23.2 Å². The van der Waals surface area contributed by atoms with Crippen molar-refractivity contribution in [1.29, 1.82) is 5.26 Å². The molecule has 0 bridgehead atoms. The smallest absolute Gasteiger partial charge is 0.115 e. The highest BCUT2D eigenvalue weighted by Crippen LogP contribution is 2.35. The van der Waals surface area contributed by atoms with E-state index >= 15 is 0 Å². The fourth-order valence-electron chi connectivity index (χ4n) is 3.17. The summed E-state index contributed by atoms with van der Waals surface area (Å²) in [6.45, 7) is 2.13. The number of thioether (sulfide) groups is 1. The summed E-state index contributed by atoms with van der Waals surface area (Å²) in [6.07, 6.45) is 5.29. The van der Waals surface area contributed by atoms with Crippen molar-refractivity contribution in [3.05, 3.63) is 56.2 Å². The lowest BCUT2D eigenvalue weighted by molar-refractivity contribution is 0.664. The van der Waals surface area contributed by atoms with Crippen LogP contribution in [-0.2, 0) is 25.0 Å². The second-order valence-corrected chi connectivity index (χ2v) is 7.70. The van der Waals surface area contributed by atoms with Crippen LogP contribution in [0.1, 0.15) is 47.7 Å². The Bertz CT molecular complexity index is 812. The molecule has 0 N–H and O–H groups in total. The number of nitrogens with zero attached hydrogens (tertiary/aromatic N) is 2. The van der Waals surface area contributed by atoms with E-state index in [0.717, 1.165) is 47.5 Å². The normalized spacial score (nSPS) is 13.4. The molecule has 0 saturated heterocycles. The SMILES string of the molecule is CCc1nc(SCc2ccc(Cl)cc2Cl)c(C#N)c2c1CCCC2. The molecule has 124 valence electrons. The van der Waals surface area contributed by atoms with E-state index in [1.54, 1.807) is 17.8 Å². The van der Waals surface area contributed by atoms with Crippen LogP contribution in [-0.4, -0.2) is 4.98 Å². The van der Waals surface area contributed by atoms with Gasteiger partial charge in [0.15, 0.2) is 0 Å². The van der Waals surface area contributed by atoms with Crippen LogP contribution in [0.3, 0.4) is 0 Å². The van der Waals surface area contributed by atoms with Gasteiger partial charge in [-0.25, -0.2) is 4.98 Å². The van der Waals surface area contributed by atoms with Gasteiger partial charge in [0.2, 0.25) is 0 Å². The topological polar surface area (TPSA) is 36.7 Å². The monoisotopic (exact) mass is 376 g/mol. The molecule has 1 aromatic heterocycles. The van der Waals surface area contributed by atoms with Crippen molar-refractivity contribution in [3.8, 4) is 6.07 Å². The zero-order valence-electron chi connectivity index (χ0n) is 13.5. The average Bonchev–Trinajstić information content (AvgIpc) is 2.60. The van der Waals surface area contributed by atoms with Gasteiger partial charge in [-0.05, 0) is 60.9 Å². The van der Waals surface area contributed by atoms with Crippen molar-refractivity contribution in [2.24, 2.45) is 0 Å². The number of nitriles is 1. The third kappa shape index (κ3) is 3.57. The maximum atomic E-state index is 9.68. The fourth-order valence-corrected chi connectivity index (χ4v) is 4.76. The van der Waals surface area contributed by atoms with Gasteiger partial charge in [0.05, 0.1) is 5.56 Å². The van der Waals surface area contributed by atoms with Crippen LogP contribution in [0.2, 0.25) is 10.0 Å². The maximum Gasteiger partial charge on any atom is 0.115 e. The molecule has 2 aromatic rings. The molecule has 2 nitrogen and oxygen atoms in total. The number of fused-ring (bicyclic) bond motifs is 1. The molecule has 0 amide bonds. The highest BCUT2D eigenvalue weighted by atomic mass is 35.5. The quantitative estimate of drug-likeness (QED) is 0.614. The molecule has 0 spiro atoms. The summed E-state index contributed by atoms with van der Waals surface area (Å²) in [4.78, 5) is 4.81. The van der Waals surface area contributed by atoms with E-state index in [4.69, 9.17) is 28.2 Å². The minimum absolute atomic E-state index is 0.631. The van der Waals surface area contributed by atoms with Crippen molar-refractivity contribution < 1.29 is 0 Å². The van der Waals surface area contributed by atoms with Crippen LogP contribution in [0, 0.1) is 11.3 Å². The van der Waals surface area contributed by atoms with Crippen molar-refractivity contribution in [2.75, 3.05) is 0 Å². The lowest BCUT2D eigenvalue weighted by Crippen LogP contribution is -2.12. The molecule has 0 fully saturated rings. The van der Waals surface area contributed by atoms with Gasteiger partial charge in [-0.2, -0.15) is 5.26 Å². The maximum absolute atomic E-state index is 9.68. The van der Waals surface area contributed by atoms with E-state index in [9.17, 15) is 5.26 Å². The first kappa shape index (κ1) is 17.6. The molecule has 5 heteroatoms. The Hall–Kier alpha value is -1.21. The molecule has 0 atom stereocenters. The molecule has 0 radical (unpaired) electrons. The summed E-state index contributed by atoms with van der Waals surface area (Å²) in [5.74, 6) is 0.680. The third-order valence-electron chi connectivity index (χ3n) is 4.39. The minimum atomic E-state index is 0.631. The standard InChI is InChI=1S/C19H18Cl2N2S/c1-2-18-15-6-4-3-5-14(15)16(10-22)19(23-18)24-11-12-7-8-13(20)9-17(12)21/h7-9H,2-6,11H2,1H3. The number of aryl methyl sites for hydroxylation is 1. The zero-order chi connectivity index (χ0) is 17.1. The summed E-state index contributed by atoms with van der Waals surface area (Å²) < 4.78 is 0. The Morgan fingerprint density at radius 3 is 2.62 bits per heavy atom. The number of aromatic nitrogens is 1. The Kier molecular flexibility index (Phi) is 5.71. The lowest BCUT2D eigenvalue weighted by Gasteiger charge is -2.21. The summed E-state index contributed by atoms with van der Waals surface area (Å²) in [5, 5.41) is 11.8. The molecule has 0 unspecified atom stereocenters. The summed E-state index contributed by atoms with van der Waals surface area (Å²) in [5.41, 5.74) is 5.45. The van der Waals surface area contributed by atoms with Gasteiger partial charge in [-0.15, -0.1) is 11.8 Å². The number of benzene rings is 1. The number of rotatable bonds is 4. The molecule has 3 rings (SSSR count). The molecular weight excluding hydrogens is 359 g/mol. The van der Waals surface area contributed by atoms with Gasteiger partial charge >= 0.3 is 0 Å². The summed E-state index contributed by atoms with van der Waals surface area (Å²) in [6, 6.07) is 7.92. The van der Waals surface area contributed by atoms with E-state index < -0.39 is 0 Å². The zero-order valence-corrected chi connectivity index (χ0v) is 15.9. The predicted molar refractivity (Wildman–Crippen MR) is 101 cm³/mol. The van der Waals surface area contributed by atoms with Crippen LogP contribution in [0.25, 0.3) is 0 Å². The summed E-state index contributed by atoms with van der Waals surface area (Å²) >= 11 is 13.8. The lowest BCUT2D eigenvalue weighted by atomic mass is 9.87. The van der Waals surface area contributed by atoms with Crippen molar-refractivity contribution >= 4 is 35.0 Å².